The zero-order valence-corrected chi connectivity index (χ0v) is 10.3. The lowest BCUT2D eigenvalue weighted by Crippen LogP contribution is -2.32. The lowest BCUT2D eigenvalue weighted by Gasteiger charge is -2.25. The van der Waals surface area contributed by atoms with Crippen molar-refractivity contribution in [3.05, 3.63) is 17.7 Å². The van der Waals surface area contributed by atoms with E-state index in [9.17, 15) is 0 Å². The van der Waals surface area contributed by atoms with Crippen LogP contribution in [-0.2, 0) is 0 Å². The van der Waals surface area contributed by atoms with Crippen LogP contribution in [0.5, 0.6) is 0 Å². The summed E-state index contributed by atoms with van der Waals surface area (Å²) in [5.74, 6) is 0. The van der Waals surface area contributed by atoms with Gasteiger partial charge in [0, 0.05) is 17.8 Å². The Morgan fingerprint density at radius 2 is 2.07 bits per heavy atom. The van der Waals surface area contributed by atoms with Crippen LogP contribution in [0.4, 0.5) is 0 Å². The number of nitrogens with zero attached hydrogens (tertiary/aromatic N) is 2. The Morgan fingerprint density at radius 3 is 2.47 bits per heavy atom. The second-order valence-electron chi connectivity index (χ2n) is 4.25. The van der Waals surface area contributed by atoms with Gasteiger partial charge in [0.25, 0.3) is 0 Å². The summed E-state index contributed by atoms with van der Waals surface area (Å²) in [4.78, 5) is 4.33. The molecule has 0 aromatic carbocycles. The third kappa shape index (κ3) is 2.59. The van der Waals surface area contributed by atoms with Crippen molar-refractivity contribution in [1.29, 1.82) is 0 Å². The van der Waals surface area contributed by atoms with E-state index >= 15 is 0 Å². The summed E-state index contributed by atoms with van der Waals surface area (Å²) in [5.41, 5.74) is 8.55. The first-order chi connectivity index (χ1) is 7.11. The van der Waals surface area contributed by atoms with Crippen LogP contribution < -0.4 is 5.73 Å². The molecule has 3 heteroatoms. The highest BCUT2D eigenvalue weighted by Crippen LogP contribution is 2.21. The van der Waals surface area contributed by atoms with Crippen molar-refractivity contribution < 1.29 is 0 Å². The lowest BCUT2D eigenvalue weighted by atomic mass is 10.0. The maximum Gasteiger partial charge on any atom is 0.0954 e. The molecule has 86 valence electrons. The first-order valence-corrected chi connectivity index (χ1v) is 5.87. The second-order valence-corrected chi connectivity index (χ2v) is 4.25. The molecule has 3 nitrogen and oxygen atoms in total. The zero-order chi connectivity index (χ0) is 11.4. The maximum absolute atomic E-state index is 6.20. The molecule has 0 radical (unpaired) electrons. The number of hydrogen-bond acceptors (Lipinski definition) is 2. The van der Waals surface area contributed by atoms with Gasteiger partial charge in [0.15, 0.2) is 0 Å². The highest BCUT2D eigenvalue weighted by Gasteiger charge is 2.18. The molecule has 15 heavy (non-hydrogen) atoms. The summed E-state index contributed by atoms with van der Waals surface area (Å²) in [5, 5.41) is 0. The molecule has 0 spiro atoms. The van der Waals surface area contributed by atoms with Crippen LogP contribution in [0.15, 0.2) is 6.33 Å². The highest BCUT2D eigenvalue weighted by molar-refractivity contribution is 5.10. The first kappa shape index (κ1) is 12.2. The molecule has 1 heterocycles. The van der Waals surface area contributed by atoms with E-state index in [0.717, 1.165) is 25.0 Å². The van der Waals surface area contributed by atoms with Crippen molar-refractivity contribution in [2.75, 3.05) is 0 Å². The zero-order valence-electron chi connectivity index (χ0n) is 10.3. The topological polar surface area (TPSA) is 43.8 Å². The van der Waals surface area contributed by atoms with Crippen LogP contribution in [0.3, 0.4) is 0 Å². The van der Waals surface area contributed by atoms with Crippen molar-refractivity contribution in [2.24, 2.45) is 5.73 Å². The summed E-state index contributed by atoms with van der Waals surface area (Å²) in [7, 11) is 0. The molecular formula is C12H23N3. The van der Waals surface area contributed by atoms with E-state index in [2.05, 4.69) is 30.3 Å². The van der Waals surface area contributed by atoms with Gasteiger partial charge in [-0.15, -0.1) is 0 Å². The van der Waals surface area contributed by atoms with E-state index in [1.165, 1.54) is 5.69 Å². The Labute approximate surface area is 92.7 Å². The Morgan fingerprint density at radius 1 is 1.40 bits per heavy atom. The van der Waals surface area contributed by atoms with Gasteiger partial charge in [-0.2, -0.15) is 0 Å². The Balaban J connectivity index is 2.87. The normalized spacial score (nSPS) is 15.3. The number of imidazole rings is 1. The molecule has 2 N–H and O–H groups in total. The standard InChI is InChI=1S/C12H23N3/c1-5-7-11(13)12(6-2)15-8-14-9(3)10(15)4/h8,11-12H,5-7,13H2,1-4H3. The second kappa shape index (κ2) is 5.31. The van der Waals surface area contributed by atoms with Crippen molar-refractivity contribution in [2.45, 2.75) is 59.0 Å². The predicted octanol–water partition coefficient (Wildman–Crippen LogP) is 2.58. The van der Waals surface area contributed by atoms with Gasteiger partial charge in [-0.25, -0.2) is 4.98 Å². The van der Waals surface area contributed by atoms with Gasteiger partial charge >= 0.3 is 0 Å². The van der Waals surface area contributed by atoms with E-state index in [-0.39, 0.29) is 6.04 Å². The molecule has 1 aromatic rings. The summed E-state index contributed by atoms with van der Waals surface area (Å²) < 4.78 is 2.23. The Bertz CT molecular complexity index is 304. The SMILES string of the molecule is CCCC(N)C(CC)n1cnc(C)c1C. The molecule has 0 aliphatic rings. The van der Waals surface area contributed by atoms with Gasteiger partial charge in [0.05, 0.1) is 12.0 Å². The fourth-order valence-corrected chi connectivity index (χ4v) is 2.08. The Kier molecular flexibility index (Phi) is 4.33. The van der Waals surface area contributed by atoms with Crippen LogP contribution in [0.25, 0.3) is 0 Å². The minimum Gasteiger partial charge on any atom is -0.330 e. The Hall–Kier alpha value is -0.830. The average molecular weight is 209 g/mol. The summed E-state index contributed by atoms with van der Waals surface area (Å²) in [6.07, 6.45) is 5.21. The van der Waals surface area contributed by atoms with Crippen molar-refractivity contribution in [3.8, 4) is 0 Å². The number of hydrogen-bond donors (Lipinski definition) is 1. The smallest absolute Gasteiger partial charge is 0.0954 e. The summed E-state index contributed by atoms with van der Waals surface area (Å²) in [6, 6.07) is 0.637. The van der Waals surface area contributed by atoms with Crippen LogP contribution >= 0.6 is 0 Å². The fourth-order valence-electron chi connectivity index (χ4n) is 2.08. The lowest BCUT2D eigenvalue weighted by molar-refractivity contribution is 0.372. The summed E-state index contributed by atoms with van der Waals surface area (Å²) >= 11 is 0. The molecule has 2 atom stereocenters. The molecule has 1 rings (SSSR count). The monoisotopic (exact) mass is 209 g/mol. The number of aromatic nitrogens is 2. The third-order valence-electron chi connectivity index (χ3n) is 3.18. The minimum absolute atomic E-state index is 0.243. The molecule has 0 fully saturated rings. The number of nitrogens with two attached hydrogens (primary N) is 1. The van der Waals surface area contributed by atoms with Crippen molar-refractivity contribution in [1.82, 2.24) is 9.55 Å². The van der Waals surface area contributed by atoms with Crippen LogP contribution in [0.1, 0.15) is 50.5 Å². The van der Waals surface area contributed by atoms with Crippen LogP contribution in [0.2, 0.25) is 0 Å². The van der Waals surface area contributed by atoms with Crippen LogP contribution in [-0.4, -0.2) is 15.6 Å². The van der Waals surface area contributed by atoms with E-state index in [4.69, 9.17) is 5.73 Å². The average Bonchev–Trinajstić information content (AvgIpc) is 2.51. The first-order valence-electron chi connectivity index (χ1n) is 5.87. The van der Waals surface area contributed by atoms with E-state index in [0.29, 0.717) is 6.04 Å². The fraction of sp³-hybridized carbons (Fsp3) is 0.750. The quantitative estimate of drug-likeness (QED) is 0.810. The van der Waals surface area contributed by atoms with Gasteiger partial charge in [-0.1, -0.05) is 20.3 Å². The van der Waals surface area contributed by atoms with E-state index in [1.807, 2.05) is 13.3 Å². The molecule has 0 aliphatic carbocycles. The molecule has 2 unspecified atom stereocenters. The third-order valence-corrected chi connectivity index (χ3v) is 3.18. The van der Waals surface area contributed by atoms with Crippen molar-refractivity contribution >= 4 is 0 Å². The van der Waals surface area contributed by atoms with Gasteiger partial charge in [0.1, 0.15) is 0 Å². The molecule has 0 saturated carbocycles. The van der Waals surface area contributed by atoms with E-state index in [1.54, 1.807) is 0 Å². The molecule has 0 saturated heterocycles. The number of rotatable bonds is 5. The van der Waals surface area contributed by atoms with Gasteiger partial charge in [-0.05, 0) is 26.7 Å². The predicted molar refractivity (Wildman–Crippen MR) is 63.9 cm³/mol. The van der Waals surface area contributed by atoms with Gasteiger partial charge in [0.2, 0.25) is 0 Å². The van der Waals surface area contributed by atoms with E-state index < -0.39 is 0 Å². The molecule has 1 aromatic heterocycles. The minimum atomic E-state index is 0.243. The van der Waals surface area contributed by atoms with Crippen molar-refractivity contribution in [3.63, 3.8) is 0 Å². The van der Waals surface area contributed by atoms with Gasteiger partial charge < -0.3 is 10.3 Å². The molecule has 0 aliphatic heterocycles. The highest BCUT2D eigenvalue weighted by atomic mass is 15.1. The van der Waals surface area contributed by atoms with Gasteiger partial charge in [-0.3, -0.25) is 0 Å². The molecule has 0 bridgehead atoms. The van der Waals surface area contributed by atoms with Crippen LogP contribution in [0, 0.1) is 13.8 Å². The summed E-state index contributed by atoms with van der Waals surface area (Å²) in [6.45, 7) is 8.53. The molecule has 0 amide bonds. The number of aryl methyl sites for hydroxylation is 1. The largest absolute Gasteiger partial charge is 0.330 e. The molecular weight excluding hydrogens is 186 g/mol. The maximum atomic E-state index is 6.20.